The molecule has 17 heavy (non-hydrogen) atoms. The molecular weight excluding hydrogens is 226 g/mol. The Morgan fingerprint density at radius 1 is 1.00 bits per heavy atom. The van der Waals surface area contributed by atoms with Gasteiger partial charge in [-0.3, -0.25) is 0 Å². The predicted octanol–water partition coefficient (Wildman–Crippen LogP) is 3.84. The van der Waals surface area contributed by atoms with Crippen LogP contribution in [0.25, 0.3) is 0 Å². The Labute approximate surface area is 110 Å². The summed E-state index contributed by atoms with van der Waals surface area (Å²) in [5.41, 5.74) is 5.64. The molecule has 0 fully saturated rings. The maximum Gasteiger partial charge on any atom is 0.0208 e. The lowest BCUT2D eigenvalue weighted by Gasteiger charge is -2.11. The van der Waals surface area contributed by atoms with Crippen molar-refractivity contribution < 1.29 is 0 Å². The van der Waals surface area contributed by atoms with Gasteiger partial charge in [-0.2, -0.15) is 11.8 Å². The zero-order valence-corrected chi connectivity index (χ0v) is 12.4. The molecule has 96 valence electrons. The number of benzene rings is 1. The molecular formula is C15H25NS. The minimum atomic E-state index is 1.01. The average Bonchev–Trinajstić information content (AvgIpc) is 2.30. The van der Waals surface area contributed by atoms with Crippen molar-refractivity contribution in [1.29, 1.82) is 0 Å². The Morgan fingerprint density at radius 3 is 2.41 bits per heavy atom. The number of unbranched alkanes of at least 4 members (excludes halogenated alkanes) is 1. The quantitative estimate of drug-likeness (QED) is 0.739. The molecule has 0 aliphatic rings. The molecule has 1 aromatic rings. The van der Waals surface area contributed by atoms with Gasteiger partial charge in [-0.15, -0.1) is 0 Å². The maximum absolute atomic E-state index is 3.54. The standard InChI is InChI=1S/C15H25NS/c1-12-9-14(3)15(10-13(12)2)11-16-7-5-6-8-17-4/h9-10,16H,5-8,11H2,1-4H3. The zero-order chi connectivity index (χ0) is 12.7. The summed E-state index contributed by atoms with van der Waals surface area (Å²) in [5, 5.41) is 3.54. The maximum atomic E-state index is 3.54. The fraction of sp³-hybridized carbons (Fsp3) is 0.600. The SMILES string of the molecule is CSCCCCNCc1cc(C)c(C)cc1C. The highest BCUT2D eigenvalue weighted by Gasteiger charge is 2.01. The summed E-state index contributed by atoms with van der Waals surface area (Å²) in [6.07, 6.45) is 4.77. The van der Waals surface area contributed by atoms with E-state index in [4.69, 9.17) is 0 Å². The lowest BCUT2D eigenvalue weighted by atomic mass is 10.0. The first-order valence-electron chi connectivity index (χ1n) is 6.41. The van der Waals surface area contributed by atoms with Gasteiger partial charge in [0.15, 0.2) is 0 Å². The van der Waals surface area contributed by atoms with Gasteiger partial charge in [-0.1, -0.05) is 12.1 Å². The van der Waals surface area contributed by atoms with E-state index in [0.717, 1.165) is 13.1 Å². The van der Waals surface area contributed by atoms with Crippen molar-refractivity contribution in [1.82, 2.24) is 5.32 Å². The minimum absolute atomic E-state index is 1.01. The molecule has 1 nitrogen and oxygen atoms in total. The van der Waals surface area contributed by atoms with Crippen LogP contribution in [0.15, 0.2) is 12.1 Å². The number of aryl methyl sites for hydroxylation is 3. The van der Waals surface area contributed by atoms with Gasteiger partial charge in [-0.05, 0) is 74.4 Å². The van der Waals surface area contributed by atoms with Gasteiger partial charge in [0, 0.05) is 6.54 Å². The Balaban J connectivity index is 2.34. The van der Waals surface area contributed by atoms with Crippen molar-refractivity contribution in [3.63, 3.8) is 0 Å². The van der Waals surface area contributed by atoms with Crippen LogP contribution in [-0.2, 0) is 6.54 Å². The summed E-state index contributed by atoms with van der Waals surface area (Å²) in [4.78, 5) is 0. The van der Waals surface area contributed by atoms with Crippen LogP contribution in [0, 0.1) is 20.8 Å². The summed E-state index contributed by atoms with van der Waals surface area (Å²) >= 11 is 1.93. The summed E-state index contributed by atoms with van der Waals surface area (Å²) in [6.45, 7) is 8.72. The first kappa shape index (κ1) is 14.6. The van der Waals surface area contributed by atoms with Crippen molar-refractivity contribution >= 4 is 11.8 Å². The van der Waals surface area contributed by atoms with Crippen LogP contribution >= 0.6 is 11.8 Å². The minimum Gasteiger partial charge on any atom is -0.313 e. The molecule has 0 atom stereocenters. The Kier molecular flexibility index (Phi) is 6.68. The normalized spacial score (nSPS) is 10.8. The van der Waals surface area contributed by atoms with Crippen molar-refractivity contribution in [2.24, 2.45) is 0 Å². The lowest BCUT2D eigenvalue weighted by molar-refractivity contribution is 0.642. The van der Waals surface area contributed by atoms with Gasteiger partial charge in [0.25, 0.3) is 0 Å². The molecule has 0 aliphatic carbocycles. The molecule has 0 aliphatic heterocycles. The van der Waals surface area contributed by atoms with E-state index in [0.29, 0.717) is 0 Å². The van der Waals surface area contributed by atoms with E-state index in [2.05, 4.69) is 44.5 Å². The van der Waals surface area contributed by atoms with Crippen molar-refractivity contribution in [2.75, 3.05) is 18.6 Å². The molecule has 0 unspecified atom stereocenters. The fourth-order valence-electron chi connectivity index (χ4n) is 1.93. The van der Waals surface area contributed by atoms with Gasteiger partial charge in [0.05, 0.1) is 0 Å². The van der Waals surface area contributed by atoms with E-state index >= 15 is 0 Å². The highest BCUT2D eigenvalue weighted by atomic mass is 32.2. The molecule has 0 bridgehead atoms. The number of rotatable bonds is 7. The number of thioether (sulfide) groups is 1. The van der Waals surface area contributed by atoms with E-state index < -0.39 is 0 Å². The Hall–Kier alpha value is -0.470. The van der Waals surface area contributed by atoms with Crippen LogP contribution in [0.4, 0.5) is 0 Å². The van der Waals surface area contributed by atoms with Crippen molar-refractivity contribution in [3.05, 3.63) is 34.4 Å². The number of nitrogens with one attached hydrogen (secondary N) is 1. The molecule has 1 rings (SSSR count). The van der Waals surface area contributed by atoms with E-state index in [1.54, 1.807) is 0 Å². The molecule has 0 radical (unpaired) electrons. The zero-order valence-electron chi connectivity index (χ0n) is 11.6. The third-order valence-corrected chi connectivity index (χ3v) is 3.92. The molecule has 0 spiro atoms. The molecule has 0 aromatic heterocycles. The summed E-state index contributed by atoms with van der Waals surface area (Å²) in [7, 11) is 0. The van der Waals surface area contributed by atoms with Crippen LogP contribution in [0.2, 0.25) is 0 Å². The highest BCUT2D eigenvalue weighted by molar-refractivity contribution is 7.98. The average molecular weight is 251 g/mol. The van der Waals surface area contributed by atoms with Crippen LogP contribution in [0.5, 0.6) is 0 Å². The molecule has 0 amide bonds. The monoisotopic (exact) mass is 251 g/mol. The van der Waals surface area contributed by atoms with Crippen LogP contribution in [-0.4, -0.2) is 18.6 Å². The van der Waals surface area contributed by atoms with Gasteiger partial charge in [0.1, 0.15) is 0 Å². The van der Waals surface area contributed by atoms with Crippen molar-refractivity contribution in [3.8, 4) is 0 Å². The molecule has 0 heterocycles. The largest absolute Gasteiger partial charge is 0.313 e. The van der Waals surface area contributed by atoms with Crippen molar-refractivity contribution in [2.45, 2.75) is 40.2 Å². The van der Waals surface area contributed by atoms with Gasteiger partial charge >= 0.3 is 0 Å². The van der Waals surface area contributed by atoms with E-state index in [9.17, 15) is 0 Å². The van der Waals surface area contributed by atoms with Gasteiger partial charge in [-0.25, -0.2) is 0 Å². The fourth-order valence-corrected chi connectivity index (χ4v) is 2.42. The Bertz CT molecular complexity index is 347. The third-order valence-electron chi connectivity index (χ3n) is 3.22. The van der Waals surface area contributed by atoms with E-state index in [-0.39, 0.29) is 0 Å². The molecule has 1 aromatic carbocycles. The second-order valence-corrected chi connectivity index (χ2v) is 5.73. The smallest absolute Gasteiger partial charge is 0.0208 e. The first-order valence-corrected chi connectivity index (χ1v) is 7.81. The third kappa shape index (κ3) is 5.13. The predicted molar refractivity (Wildman–Crippen MR) is 80.0 cm³/mol. The van der Waals surface area contributed by atoms with Gasteiger partial charge < -0.3 is 5.32 Å². The molecule has 0 saturated carbocycles. The topological polar surface area (TPSA) is 12.0 Å². The summed E-state index contributed by atoms with van der Waals surface area (Å²) in [5.74, 6) is 1.28. The number of hydrogen-bond donors (Lipinski definition) is 1. The lowest BCUT2D eigenvalue weighted by Crippen LogP contribution is -2.15. The molecule has 0 saturated heterocycles. The molecule has 1 N–H and O–H groups in total. The van der Waals surface area contributed by atoms with Gasteiger partial charge in [0.2, 0.25) is 0 Å². The van der Waals surface area contributed by atoms with Crippen LogP contribution in [0.1, 0.15) is 35.1 Å². The second-order valence-electron chi connectivity index (χ2n) is 4.74. The van der Waals surface area contributed by atoms with E-state index in [1.807, 2.05) is 11.8 Å². The number of hydrogen-bond acceptors (Lipinski definition) is 2. The second kappa shape index (κ2) is 7.78. The summed E-state index contributed by atoms with van der Waals surface area (Å²) < 4.78 is 0. The molecule has 2 heteroatoms. The highest BCUT2D eigenvalue weighted by Crippen LogP contribution is 2.15. The first-order chi connectivity index (χ1) is 8.15. The van der Waals surface area contributed by atoms with Crippen LogP contribution < -0.4 is 5.32 Å². The Morgan fingerprint density at radius 2 is 1.71 bits per heavy atom. The summed E-state index contributed by atoms with van der Waals surface area (Å²) in [6, 6.07) is 4.61. The van der Waals surface area contributed by atoms with E-state index in [1.165, 1.54) is 40.8 Å². The van der Waals surface area contributed by atoms with Crippen LogP contribution in [0.3, 0.4) is 0 Å².